The lowest BCUT2D eigenvalue weighted by atomic mass is 10.2. The quantitative estimate of drug-likeness (QED) is 0.892. The first-order chi connectivity index (χ1) is 12.1. The van der Waals surface area contributed by atoms with E-state index in [4.69, 9.17) is 4.74 Å². The number of pyridine rings is 1. The molecule has 2 heterocycles. The van der Waals surface area contributed by atoms with E-state index in [1.54, 1.807) is 11.1 Å². The van der Waals surface area contributed by atoms with Gasteiger partial charge in [0.25, 0.3) is 5.91 Å². The Kier molecular flexibility index (Phi) is 5.50. The smallest absolute Gasteiger partial charge is 0.255 e. The summed E-state index contributed by atoms with van der Waals surface area (Å²) in [6.07, 6.45) is 2.42. The molecule has 1 amide bonds. The van der Waals surface area contributed by atoms with Crippen LogP contribution in [-0.2, 0) is 4.79 Å². The van der Waals surface area contributed by atoms with E-state index in [2.05, 4.69) is 9.88 Å². The van der Waals surface area contributed by atoms with Crippen molar-refractivity contribution in [1.29, 1.82) is 0 Å². The standard InChI is InChI=1S/C19H23N3O3/c1-15-5-2-3-7-18(15)25-14-17(23)19(24)22-11-9-21(10-12-22)16-6-4-8-20-13-16/h2-8,13,17,23H,9-12,14H2,1H3. The highest BCUT2D eigenvalue weighted by molar-refractivity contribution is 5.81. The molecular formula is C19H23N3O3. The number of aliphatic hydroxyl groups is 1. The monoisotopic (exact) mass is 341 g/mol. The lowest BCUT2D eigenvalue weighted by Crippen LogP contribution is -2.52. The topological polar surface area (TPSA) is 65.9 Å². The predicted octanol–water partition coefficient (Wildman–Crippen LogP) is 1.48. The minimum absolute atomic E-state index is 0.0352. The van der Waals surface area contributed by atoms with Gasteiger partial charge in [-0.05, 0) is 30.7 Å². The molecule has 1 aliphatic heterocycles. The average molecular weight is 341 g/mol. The van der Waals surface area contributed by atoms with Crippen LogP contribution >= 0.6 is 0 Å². The first-order valence-electron chi connectivity index (χ1n) is 8.45. The van der Waals surface area contributed by atoms with Gasteiger partial charge in [0.2, 0.25) is 0 Å². The number of nitrogens with zero attached hydrogens (tertiary/aromatic N) is 3. The molecule has 1 unspecified atom stereocenters. The maximum Gasteiger partial charge on any atom is 0.255 e. The number of piperazine rings is 1. The number of para-hydroxylation sites is 1. The zero-order chi connectivity index (χ0) is 17.6. The van der Waals surface area contributed by atoms with Crippen LogP contribution in [0, 0.1) is 6.92 Å². The van der Waals surface area contributed by atoms with Crippen LogP contribution in [0.3, 0.4) is 0 Å². The second-order valence-corrected chi connectivity index (χ2v) is 6.12. The number of hydrogen-bond donors (Lipinski definition) is 1. The molecule has 132 valence electrons. The van der Waals surface area contributed by atoms with Crippen molar-refractivity contribution in [3.05, 3.63) is 54.4 Å². The van der Waals surface area contributed by atoms with E-state index < -0.39 is 6.10 Å². The van der Waals surface area contributed by atoms with Gasteiger partial charge >= 0.3 is 0 Å². The van der Waals surface area contributed by atoms with Gasteiger partial charge in [-0.2, -0.15) is 0 Å². The van der Waals surface area contributed by atoms with Crippen molar-refractivity contribution in [1.82, 2.24) is 9.88 Å². The minimum atomic E-state index is -1.15. The molecule has 0 radical (unpaired) electrons. The Morgan fingerprint density at radius 3 is 2.64 bits per heavy atom. The van der Waals surface area contributed by atoms with E-state index >= 15 is 0 Å². The van der Waals surface area contributed by atoms with Gasteiger partial charge in [-0.25, -0.2) is 0 Å². The van der Waals surface area contributed by atoms with Crippen molar-refractivity contribution in [3.8, 4) is 5.75 Å². The SMILES string of the molecule is Cc1ccccc1OCC(O)C(=O)N1CCN(c2cccnc2)CC1. The summed E-state index contributed by atoms with van der Waals surface area (Å²) >= 11 is 0. The van der Waals surface area contributed by atoms with E-state index in [9.17, 15) is 9.90 Å². The molecule has 1 atom stereocenters. The van der Waals surface area contributed by atoms with Crippen molar-refractivity contribution >= 4 is 11.6 Å². The molecule has 1 saturated heterocycles. The van der Waals surface area contributed by atoms with Crippen LogP contribution in [0.2, 0.25) is 0 Å². The molecular weight excluding hydrogens is 318 g/mol. The van der Waals surface area contributed by atoms with Crippen molar-refractivity contribution < 1.29 is 14.6 Å². The van der Waals surface area contributed by atoms with E-state index in [1.165, 1.54) is 0 Å². The number of benzene rings is 1. The van der Waals surface area contributed by atoms with Crippen LogP contribution in [0.4, 0.5) is 5.69 Å². The fourth-order valence-corrected chi connectivity index (χ4v) is 2.89. The molecule has 1 fully saturated rings. The zero-order valence-corrected chi connectivity index (χ0v) is 14.3. The predicted molar refractivity (Wildman–Crippen MR) is 95.7 cm³/mol. The normalized spacial score (nSPS) is 15.8. The Morgan fingerprint density at radius 2 is 1.96 bits per heavy atom. The number of aliphatic hydroxyl groups excluding tert-OH is 1. The zero-order valence-electron chi connectivity index (χ0n) is 14.3. The number of ether oxygens (including phenoxy) is 1. The second kappa shape index (κ2) is 7.98. The van der Waals surface area contributed by atoms with Crippen molar-refractivity contribution in [2.24, 2.45) is 0 Å². The lowest BCUT2D eigenvalue weighted by Gasteiger charge is -2.36. The van der Waals surface area contributed by atoms with Gasteiger partial charge < -0.3 is 19.6 Å². The first kappa shape index (κ1) is 17.2. The largest absolute Gasteiger partial charge is 0.490 e. The van der Waals surface area contributed by atoms with Gasteiger partial charge in [0.05, 0.1) is 11.9 Å². The Hall–Kier alpha value is -2.60. The maximum absolute atomic E-state index is 12.4. The van der Waals surface area contributed by atoms with Crippen LogP contribution in [0.5, 0.6) is 5.75 Å². The summed E-state index contributed by atoms with van der Waals surface area (Å²) in [4.78, 5) is 20.4. The van der Waals surface area contributed by atoms with Crippen LogP contribution in [0.1, 0.15) is 5.56 Å². The Labute approximate surface area is 147 Å². The number of aryl methyl sites for hydroxylation is 1. The first-order valence-corrected chi connectivity index (χ1v) is 8.45. The molecule has 0 bridgehead atoms. The Balaban J connectivity index is 1.49. The summed E-state index contributed by atoms with van der Waals surface area (Å²) in [6, 6.07) is 11.5. The highest BCUT2D eigenvalue weighted by atomic mass is 16.5. The van der Waals surface area contributed by atoms with Crippen molar-refractivity contribution in [2.75, 3.05) is 37.7 Å². The van der Waals surface area contributed by atoms with E-state index in [0.717, 1.165) is 24.3 Å². The van der Waals surface area contributed by atoms with Gasteiger partial charge in [0, 0.05) is 32.4 Å². The van der Waals surface area contributed by atoms with Crippen molar-refractivity contribution in [2.45, 2.75) is 13.0 Å². The summed E-state index contributed by atoms with van der Waals surface area (Å²) < 4.78 is 5.58. The number of carbonyl (C=O) groups excluding carboxylic acids is 1. The molecule has 0 saturated carbocycles. The van der Waals surface area contributed by atoms with Gasteiger partial charge in [-0.1, -0.05) is 18.2 Å². The number of aromatic nitrogens is 1. The molecule has 3 rings (SSSR count). The van der Waals surface area contributed by atoms with Crippen LogP contribution in [0.15, 0.2) is 48.8 Å². The molecule has 6 nitrogen and oxygen atoms in total. The molecule has 6 heteroatoms. The average Bonchev–Trinajstić information content (AvgIpc) is 2.67. The van der Waals surface area contributed by atoms with Crippen LogP contribution in [-0.4, -0.2) is 59.8 Å². The maximum atomic E-state index is 12.4. The summed E-state index contributed by atoms with van der Waals surface area (Å²) in [5.41, 5.74) is 2.03. The molecule has 0 aliphatic carbocycles. The summed E-state index contributed by atoms with van der Waals surface area (Å²) in [5.74, 6) is 0.412. The molecule has 1 aliphatic rings. The summed E-state index contributed by atoms with van der Waals surface area (Å²) in [6.45, 7) is 4.50. The molecule has 1 aromatic carbocycles. The van der Waals surface area contributed by atoms with Crippen LogP contribution in [0.25, 0.3) is 0 Å². The van der Waals surface area contributed by atoms with Gasteiger partial charge in [0.15, 0.2) is 6.10 Å². The Morgan fingerprint density at radius 1 is 1.20 bits per heavy atom. The molecule has 0 spiro atoms. The van der Waals surface area contributed by atoms with Crippen LogP contribution < -0.4 is 9.64 Å². The van der Waals surface area contributed by atoms with Gasteiger partial charge in [-0.3, -0.25) is 9.78 Å². The fourth-order valence-electron chi connectivity index (χ4n) is 2.89. The number of anilines is 1. The fraction of sp³-hybridized carbons (Fsp3) is 0.368. The lowest BCUT2D eigenvalue weighted by molar-refractivity contribution is -0.142. The highest BCUT2D eigenvalue weighted by Gasteiger charge is 2.26. The highest BCUT2D eigenvalue weighted by Crippen LogP contribution is 2.17. The van der Waals surface area contributed by atoms with Gasteiger partial charge in [0.1, 0.15) is 12.4 Å². The van der Waals surface area contributed by atoms with E-state index in [1.807, 2.05) is 49.5 Å². The molecule has 25 heavy (non-hydrogen) atoms. The van der Waals surface area contributed by atoms with E-state index in [-0.39, 0.29) is 12.5 Å². The Bertz CT molecular complexity index is 700. The van der Waals surface area contributed by atoms with E-state index in [0.29, 0.717) is 18.8 Å². The summed E-state index contributed by atoms with van der Waals surface area (Å²) in [5, 5.41) is 10.2. The molecule has 1 aromatic heterocycles. The third kappa shape index (κ3) is 4.28. The number of rotatable bonds is 5. The summed E-state index contributed by atoms with van der Waals surface area (Å²) in [7, 11) is 0. The second-order valence-electron chi connectivity index (χ2n) is 6.12. The third-order valence-electron chi connectivity index (χ3n) is 4.38. The molecule has 2 aromatic rings. The van der Waals surface area contributed by atoms with Crippen molar-refractivity contribution in [3.63, 3.8) is 0 Å². The molecule has 1 N–H and O–H groups in total. The number of hydrogen-bond acceptors (Lipinski definition) is 5. The number of carbonyl (C=O) groups is 1. The third-order valence-corrected chi connectivity index (χ3v) is 4.38. The number of amides is 1. The van der Waals surface area contributed by atoms with Gasteiger partial charge in [-0.15, -0.1) is 0 Å². The minimum Gasteiger partial charge on any atom is -0.490 e.